The topological polar surface area (TPSA) is 38.9 Å². The quantitative estimate of drug-likeness (QED) is 0.910. The van der Waals surface area contributed by atoms with Gasteiger partial charge in [0, 0.05) is 44.4 Å². The van der Waals surface area contributed by atoms with E-state index in [2.05, 4.69) is 52.6 Å². The highest BCUT2D eigenvalue weighted by molar-refractivity contribution is 9.10. The number of nitrogens with two attached hydrogens (primary N) is 1. The SMILES string of the molecule is CC1SCC(C(N)Cc2cncc(Br)c2)SC1C. The number of pyridine rings is 1. The molecular formula is C13H19BrN2S2. The summed E-state index contributed by atoms with van der Waals surface area (Å²) in [5.74, 6) is 1.17. The summed E-state index contributed by atoms with van der Waals surface area (Å²) in [6, 6.07) is 2.33. The summed E-state index contributed by atoms with van der Waals surface area (Å²) >= 11 is 7.55. The van der Waals surface area contributed by atoms with Crippen molar-refractivity contribution < 1.29 is 0 Å². The summed E-state index contributed by atoms with van der Waals surface area (Å²) < 4.78 is 1.03. The number of aromatic nitrogens is 1. The number of halogens is 1. The lowest BCUT2D eigenvalue weighted by Crippen LogP contribution is -2.41. The van der Waals surface area contributed by atoms with Gasteiger partial charge in [-0.05, 0) is 34.0 Å². The first kappa shape index (κ1) is 14.7. The first-order valence-electron chi connectivity index (χ1n) is 6.18. The molecule has 0 saturated carbocycles. The van der Waals surface area contributed by atoms with Gasteiger partial charge in [0.1, 0.15) is 0 Å². The predicted octanol–water partition coefficient (Wildman–Crippen LogP) is 3.34. The van der Waals surface area contributed by atoms with Crippen LogP contribution in [-0.2, 0) is 6.42 Å². The van der Waals surface area contributed by atoms with E-state index in [4.69, 9.17) is 5.73 Å². The zero-order chi connectivity index (χ0) is 13.1. The van der Waals surface area contributed by atoms with Crippen LogP contribution in [0.3, 0.4) is 0 Å². The molecule has 4 unspecified atom stereocenters. The molecule has 2 heterocycles. The van der Waals surface area contributed by atoms with Gasteiger partial charge in [0.15, 0.2) is 0 Å². The maximum absolute atomic E-state index is 6.36. The van der Waals surface area contributed by atoms with Crippen molar-refractivity contribution in [3.05, 3.63) is 28.5 Å². The van der Waals surface area contributed by atoms with Gasteiger partial charge in [0.05, 0.1) is 0 Å². The Kier molecular flexibility index (Phi) is 5.42. The maximum atomic E-state index is 6.36. The largest absolute Gasteiger partial charge is 0.326 e. The number of thioether (sulfide) groups is 2. The molecule has 1 aliphatic rings. The van der Waals surface area contributed by atoms with Gasteiger partial charge in [0.2, 0.25) is 0 Å². The molecule has 1 saturated heterocycles. The van der Waals surface area contributed by atoms with Gasteiger partial charge in [-0.15, -0.1) is 0 Å². The minimum absolute atomic E-state index is 0.216. The molecule has 0 bridgehead atoms. The van der Waals surface area contributed by atoms with Crippen molar-refractivity contribution in [1.82, 2.24) is 4.98 Å². The number of hydrogen-bond acceptors (Lipinski definition) is 4. The van der Waals surface area contributed by atoms with Gasteiger partial charge in [-0.1, -0.05) is 13.8 Å². The number of rotatable bonds is 3. The van der Waals surface area contributed by atoms with Crippen LogP contribution in [0.5, 0.6) is 0 Å². The van der Waals surface area contributed by atoms with Gasteiger partial charge < -0.3 is 5.73 Å². The Morgan fingerprint density at radius 2 is 2.22 bits per heavy atom. The Hall–Kier alpha value is 0.290. The average Bonchev–Trinajstić information content (AvgIpc) is 2.32. The van der Waals surface area contributed by atoms with Crippen molar-refractivity contribution in [2.45, 2.75) is 42.1 Å². The van der Waals surface area contributed by atoms with Crippen molar-refractivity contribution in [3.8, 4) is 0 Å². The Labute approximate surface area is 126 Å². The first-order valence-corrected chi connectivity index (χ1v) is 8.97. The monoisotopic (exact) mass is 346 g/mol. The molecule has 2 nitrogen and oxygen atoms in total. The van der Waals surface area contributed by atoms with E-state index in [0.29, 0.717) is 10.5 Å². The lowest BCUT2D eigenvalue weighted by molar-refractivity contribution is 0.655. The van der Waals surface area contributed by atoms with Crippen LogP contribution in [0, 0.1) is 0 Å². The van der Waals surface area contributed by atoms with Gasteiger partial charge in [0.25, 0.3) is 0 Å². The predicted molar refractivity (Wildman–Crippen MR) is 86.4 cm³/mol. The summed E-state index contributed by atoms with van der Waals surface area (Å²) in [4.78, 5) is 4.19. The van der Waals surface area contributed by atoms with E-state index in [1.807, 2.05) is 24.2 Å². The normalized spacial score (nSPS) is 30.1. The van der Waals surface area contributed by atoms with Gasteiger partial charge in [-0.3, -0.25) is 4.98 Å². The number of hydrogen-bond donors (Lipinski definition) is 1. The summed E-state index contributed by atoms with van der Waals surface area (Å²) in [5.41, 5.74) is 7.58. The minimum Gasteiger partial charge on any atom is -0.326 e. The van der Waals surface area contributed by atoms with Crippen LogP contribution >= 0.6 is 39.5 Å². The third kappa shape index (κ3) is 3.89. The second-order valence-corrected chi connectivity index (χ2v) is 8.74. The molecule has 0 spiro atoms. The fraction of sp³-hybridized carbons (Fsp3) is 0.615. The molecule has 100 valence electrons. The molecule has 18 heavy (non-hydrogen) atoms. The Balaban J connectivity index is 1.94. The molecule has 4 atom stereocenters. The molecule has 2 rings (SSSR count). The highest BCUT2D eigenvalue weighted by Crippen LogP contribution is 2.37. The fourth-order valence-corrected chi connectivity index (χ4v) is 5.48. The molecule has 0 amide bonds. The zero-order valence-corrected chi connectivity index (χ0v) is 13.9. The van der Waals surface area contributed by atoms with Crippen molar-refractivity contribution in [3.63, 3.8) is 0 Å². The lowest BCUT2D eigenvalue weighted by Gasteiger charge is -2.34. The molecule has 0 aliphatic carbocycles. The van der Waals surface area contributed by atoms with Crippen molar-refractivity contribution in [2.24, 2.45) is 5.73 Å². The van der Waals surface area contributed by atoms with E-state index in [9.17, 15) is 0 Å². The van der Waals surface area contributed by atoms with Crippen molar-refractivity contribution >= 4 is 39.5 Å². The third-order valence-electron chi connectivity index (χ3n) is 3.28. The van der Waals surface area contributed by atoms with Crippen LogP contribution in [0.15, 0.2) is 22.9 Å². The van der Waals surface area contributed by atoms with Crippen LogP contribution < -0.4 is 5.73 Å². The van der Waals surface area contributed by atoms with Crippen LogP contribution in [0.4, 0.5) is 0 Å². The van der Waals surface area contributed by atoms with Crippen molar-refractivity contribution in [2.75, 3.05) is 5.75 Å². The molecule has 1 fully saturated rings. The third-order valence-corrected chi connectivity index (χ3v) is 7.29. The van der Waals surface area contributed by atoms with E-state index in [0.717, 1.165) is 16.1 Å². The lowest BCUT2D eigenvalue weighted by atomic mass is 10.1. The Bertz CT molecular complexity index is 402. The van der Waals surface area contributed by atoms with E-state index in [1.54, 1.807) is 0 Å². The Morgan fingerprint density at radius 1 is 1.44 bits per heavy atom. The molecular weight excluding hydrogens is 328 g/mol. The maximum Gasteiger partial charge on any atom is 0.0410 e. The Morgan fingerprint density at radius 3 is 2.89 bits per heavy atom. The second kappa shape index (κ2) is 6.64. The van der Waals surface area contributed by atoms with Crippen LogP contribution in [0.25, 0.3) is 0 Å². The van der Waals surface area contributed by atoms with Crippen molar-refractivity contribution in [1.29, 1.82) is 0 Å². The molecule has 1 aromatic heterocycles. The fourth-order valence-electron chi connectivity index (χ4n) is 2.00. The van der Waals surface area contributed by atoms with E-state index in [1.165, 1.54) is 11.3 Å². The average molecular weight is 347 g/mol. The summed E-state index contributed by atoms with van der Waals surface area (Å²) in [5, 5.41) is 1.99. The highest BCUT2D eigenvalue weighted by atomic mass is 79.9. The first-order chi connectivity index (χ1) is 8.56. The minimum atomic E-state index is 0.216. The second-order valence-electron chi connectivity index (χ2n) is 4.80. The molecule has 2 N–H and O–H groups in total. The molecule has 5 heteroatoms. The molecule has 0 radical (unpaired) electrons. The molecule has 1 aliphatic heterocycles. The smallest absolute Gasteiger partial charge is 0.0410 e. The van der Waals surface area contributed by atoms with Crippen LogP contribution in [0.1, 0.15) is 19.4 Å². The van der Waals surface area contributed by atoms with E-state index in [-0.39, 0.29) is 6.04 Å². The van der Waals surface area contributed by atoms with Gasteiger partial charge in [-0.25, -0.2) is 0 Å². The van der Waals surface area contributed by atoms with Crippen LogP contribution in [0.2, 0.25) is 0 Å². The van der Waals surface area contributed by atoms with Gasteiger partial charge in [-0.2, -0.15) is 23.5 Å². The molecule has 0 aromatic carbocycles. The van der Waals surface area contributed by atoms with Crippen LogP contribution in [-0.4, -0.2) is 32.5 Å². The van der Waals surface area contributed by atoms with Gasteiger partial charge >= 0.3 is 0 Å². The molecule has 1 aromatic rings. The highest BCUT2D eigenvalue weighted by Gasteiger charge is 2.29. The number of nitrogens with zero attached hydrogens (tertiary/aromatic N) is 1. The van der Waals surface area contributed by atoms with E-state index >= 15 is 0 Å². The summed E-state index contributed by atoms with van der Waals surface area (Å²) in [6.45, 7) is 4.62. The standard InChI is InChI=1S/C13H19BrN2S2/c1-8-9(2)18-13(7-17-8)12(15)4-10-3-11(14)6-16-5-10/h3,5-6,8-9,12-13H,4,7,15H2,1-2H3. The zero-order valence-electron chi connectivity index (χ0n) is 10.7. The summed E-state index contributed by atoms with van der Waals surface area (Å²) in [6.07, 6.45) is 4.63. The summed E-state index contributed by atoms with van der Waals surface area (Å²) in [7, 11) is 0. The van der Waals surface area contributed by atoms with E-state index < -0.39 is 0 Å².